The zero-order valence-electron chi connectivity index (χ0n) is 12.4. The molecule has 4 nitrogen and oxygen atoms in total. The van der Waals surface area contributed by atoms with Crippen molar-refractivity contribution < 1.29 is 9.59 Å². The molecule has 2 rings (SSSR count). The number of carbonyl (C=O) groups is 2. The molecule has 0 saturated carbocycles. The molecule has 0 amide bonds. The minimum Gasteiger partial charge on any atom is -0.351 e. The predicted molar refractivity (Wildman–Crippen MR) is 79.6 cm³/mol. The third kappa shape index (κ3) is 2.01. The number of rotatable bonds is 5. The summed E-state index contributed by atoms with van der Waals surface area (Å²) in [5, 5.41) is 0. The van der Waals surface area contributed by atoms with Gasteiger partial charge in [-0.05, 0) is 48.9 Å². The minimum absolute atomic E-state index is 0.610. The minimum atomic E-state index is 0.610. The van der Waals surface area contributed by atoms with Crippen molar-refractivity contribution in [2.45, 2.75) is 40.5 Å². The van der Waals surface area contributed by atoms with Gasteiger partial charge >= 0.3 is 0 Å². The maximum atomic E-state index is 11.1. The highest BCUT2D eigenvalue weighted by Gasteiger charge is 2.20. The van der Waals surface area contributed by atoms with E-state index in [-0.39, 0.29) is 0 Å². The van der Waals surface area contributed by atoms with Crippen LogP contribution in [0, 0.1) is 13.8 Å². The molecule has 2 aromatic rings. The van der Waals surface area contributed by atoms with Gasteiger partial charge in [0.2, 0.25) is 0 Å². The zero-order chi connectivity index (χ0) is 14.9. The van der Waals surface area contributed by atoms with Crippen molar-refractivity contribution in [2.24, 2.45) is 0 Å². The average molecular weight is 272 g/mol. The Morgan fingerprint density at radius 3 is 1.40 bits per heavy atom. The van der Waals surface area contributed by atoms with Crippen molar-refractivity contribution in [1.82, 2.24) is 9.97 Å². The number of nitrogens with one attached hydrogen (secondary N) is 2. The highest BCUT2D eigenvalue weighted by molar-refractivity contribution is 5.83. The van der Waals surface area contributed by atoms with Crippen LogP contribution in [-0.4, -0.2) is 22.5 Å². The van der Waals surface area contributed by atoms with Crippen molar-refractivity contribution in [3.63, 3.8) is 0 Å². The summed E-state index contributed by atoms with van der Waals surface area (Å²) in [6.45, 7) is 8.03. The molecule has 0 aliphatic rings. The molecule has 0 radical (unpaired) electrons. The van der Waals surface area contributed by atoms with Crippen LogP contribution in [0.2, 0.25) is 0 Å². The lowest BCUT2D eigenvalue weighted by Gasteiger charge is -2.04. The molecule has 0 aromatic carbocycles. The molecule has 2 heterocycles. The third-order valence-electron chi connectivity index (χ3n) is 4.03. The number of H-pyrrole nitrogens is 2. The van der Waals surface area contributed by atoms with Crippen molar-refractivity contribution in [3.8, 4) is 11.4 Å². The SMILES string of the molecule is CCc1c(-c2[nH]c(C=O)c(C)c2CC)[nH]c(C=O)c1C. The first-order valence-electron chi connectivity index (χ1n) is 6.92. The van der Waals surface area contributed by atoms with Gasteiger partial charge in [0, 0.05) is 0 Å². The Morgan fingerprint density at radius 2 is 1.15 bits per heavy atom. The monoisotopic (exact) mass is 272 g/mol. The molecule has 0 atom stereocenters. The van der Waals surface area contributed by atoms with Gasteiger partial charge in [-0.3, -0.25) is 9.59 Å². The van der Waals surface area contributed by atoms with E-state index in [1.165, 1.54) is 0 Å². The first-order valence-corrected chi connectivity index (χ1v) is 6.92. The fourth-order valence-electron chi connectivity index (χ4n) is 2.85. The van der Waals surface area contributed by atoms with Gasteiger partial charge in [-0.1, -0.05) is 13.8 Å². The van der Waals surface area contributed by atoms with Crippen molar-refractivity contribution >= 4 is 12.6 Å². The lowest BCUT2D eigenvalue weighted by molar-refractivity contribution is 0.111. The van der Waals surface area contributed by atoms with Crippen LogP contribution in [0.3, 0.4) is 0 Å². The standard InChI is InChI=1S/C16H20N2O2/c1-5-11-9(3)13(7-19)17-15(11)16-12(6-2)10(4)14(8-20)18-16/h7-8,17-18H,5-6H2,1-4H3. The van der Waals surface area contributed by atoms with E-state index in [0.29, 0.717) is 11.4 Å². The van der Waals surface area contributed by atoms with Gasteiger partial charge in [0.05, 0.1) is 22.8 Å². The molecule has 106 valence electrons. The summed E-state index contributed by atoms with van der Waals surface area (Å²) in [4.78, 5) is 28.6. The van der Waals surface area contributed by atoms with Crippen LogP contribution in [0.25, 0.3) is 11.4 Å². The normalized spacial score (nSPS) is 10.8. The summed E-state index contributed by atoms with van der Waals surface area (Å²) in [5.41, 5.74) is 7.30. The maximum absolute atomic E-state index is 11.1. The van der Waals surface area contributed by atoms with E-state index < -0.39 is 0 Å². The molecule has 0 bridgehead atoms. The average Bonchev–Trinajstić information content (AvgIpc) is 2.95. The Balaban J connectivity index is 2.74. The summed E-state index contributed by atoms with van der Waals surface area (Å²) < 4.78 is 0. The highest BCUT2D eigenvalue weighted by Crippen LogP contribution is 2.32. The van der Waals surface area contributed by atoms with Crippen LogP contribution in [-0.2, 0) is 12.8 Å². The highest BCUT2D eigenvalue weighted by atomic mass is 16.1. The predicted octanol–water partition coefficient (Wildman–Crippen LogP) is 3.38. The van der Waals surface area contributed by atoms with Gasteiger partial charge < -0.3 is 9.97 Å². The number of hydrogen-bond acceptors (Lipinski definition) is 2. The quantitative estimate of drug-likeness (QED) is 0.819. The summed E-state index contributed by atoms with van der Waals surface area (Å²) in [6.07, 6.45) is 3.37. The van der Waals surface area contributed by atoms with E-state index in [2.05, 4.69) is 23.8 Å². The van der Waals surface area contributed by atoms with Crippen LogP contribution in [0.1, 0.15) is 57.1 Å². The Hall–Kier alpha value is -2.10. The molecule has 0 fully saturated rings. The Morgan fingerprint density at radius 1 is 0.800 bits per heavy atom. The molecular weight excluding hydrogens is 252 g/mol. The molecule has 0 aliphatic heterocycles. The molecule has 2 N–H and O–H groups in total. The second-order valence-electron chi connectivity index (χ2n) is 4.98. The van der Waals surface area contributed by atoms with Gasteiger partial charge in [-0.25, -0.2) is 0 Å². The Bertz CT molecular complexity index is 604. The fourth-order valence-corrected chi connectivity index (χ4v) is 2.85. The molecule has 0 spiro atoms. The van der Waals surface area contributed by atoms with Gasteiger partial charge in [-0.2, -0.15) is 0 Å². The van der Waals surface area contributed by atoms with E-state index in [0.717, 1.165) is 59.1 Å². The molecule has 4 heteroatoms. The van der Waals surface area contributed by atoms with Crippen molar-refractivity contribution in [1.29, 1.82) is 0 Å². The van der Waals surface area contributed by atoms with Gasteiger partial charge in [-0.15, -0.1) is 0 Å². The van der Waals surface area contributed by atoms with E-state index in [4.69, 9.17) is 0 Å². The van der Waals surface area contributed by atoms with Gasteiger partial charge in [0.15, 0.2) is 12.6 Å². The topological polar surface area (TPSA) is 65.7 Å². The van der Waals surface area contributed by atoms with Crippen LogP contribution in [0.4, 0.5) is 0 Å². The molecule has 2 aromatic heterocycles. The molecule has 0 aliphatic carbocycles. The molecular formula is C16H20N2O2. The molecule has 0 saturated heterocycles. The first kappa shape index (κ1) is 14.3. The smallest absolute Gasteiger partial charge is 0.166 e. The summed E-state index contributed by atoms with van der Waals surface area (Å²) >= 11 is 0. The van der Waals surface area contributed by atoms with Crippen molar-refractivity contribution in [2.75, 3.05) is 0 Å². The largest absolute Gasteiger partial charge is 0.351 e. The fraction of sp³-hybridized carbons (Fsp3) is 0.375. The van der Waals surface area contributed by atoms with E-state index in [1.807, 2.05) is 13.8 Å². The molecule has 20 heavy (non-hydrogen) atoms. The second-order valence-corrected chi connectivity index (χ2v) is 4.98. The van der Waals surface area contributed by atoms with Crippen LogP contribution >= 0.6 is 0 Å². The van der Waals surface area contributed by atoms with Crippen LogP contribution in [0.15, 0.2) is 0 Å². The van der Waals surface area contributed by atoms with Crippen LogP contribution < -0.4 is 0 Å². The van der Waals surface area contributed by atoms with Gasteiger partial charge in [0.1, 0.15) is 0 Å². The summed E-state index contributed by atoms with van der Waals surface area (Å²) in [6, 6.07) is 0. The number of carbonyl (C=O) groups excluding carboxylic acids is 2. The lowest BCUT2D eigenvalue weighted by atomic mass is 10.0. The summed E-state index contributed by atoms with van der Waals surface area (Å²) in [5.74, 6) is 0. The number of aromatic nitrogens is 2. The van der Waals surface area contributed by atoms with Crippen molar-refractivity contribution in [3.05, 3.63) is 33.6 Å². The van der Waals surface area contributed by atoms with E-state index in [1.54, 1.807) is 0 Å². The number of aromatic amines is 2. The third-order valence-corrected chi connectivity index (χ3v) is 4.03. The lowest BCUT2D eigenvalue weighted by Crippen LogP contribution is -1.91. The van der Waals surface area contributed by atoms with Gasteiger partial charge in [0.25, 0.3) is 0 Å². The van der Waals surface area contributed by atoms with Crippen LogP contribution in [0.5, 0.6) is 0 Å². The maximum Gasteiger partial charge on any atom is 0.166 e. The zero-order valence-corrected chi connectivity index (χ0v) is 12.4. The number of hydrogen-bond donors (Lipinski definition) is 2. The summed E-state index contributed by atoms with van der Waals surface area (Å²) in [7, 11) is 0. The second kappa shape index (κ2) is 5.49. The number of aldehydes is 2. The Kier molecular flexibility index (Phi) is 3.93. The molecule has 0 unspecified atom stereocenters. The van der Waals surface area contributed by atoms with E-state index in [9.17, 15) is 9.59 Å². The Labute approximate surface area is 118 Å². The first-order chi connectivity index (χ1) is 9.58. The van der Waals surface area contributed by atoms with E-state index >= 15 is 0 Å².